The van der Waals surface area contributed by atoms with Crippen molar-refractivity contribution in [3.63, 3.8) is 0 Å². The Morgan fingerprint density at radius 3 is 2.33 bits per heavy atom. The number of rotatable bonds is 6. The summed E-state index contributed by atoms with van der Waals surface area (Å²) in [5, 5.41) is 10.6. The molecule has 0 amide bonds. The summed E-state index contributed by atoms with van der Waals surface area (Å²) in [6.07, 6.45) is 1.58. The van der Waals surface area contributed by atoms with Crippen LogP contribution in [0.5, 0.6) is 5.75 Å². The molecule has 126 valence electrons. The fourth-order valence-corrected chi connectivity index (χ4v) is 1.86. The molecule has 1 aromatic carbocycles. The highest BCUT2D eigenvalue weighted by Gasteiger charge is 2.15. The van der Waals surface area contributed by atoms with Gasteiger partial charge in [-0.2, -0.15) is 0 Å². The van der Waals surface area contributed by atoms with Gasteiger partial charge in [0, 0.05) is 12.7 Å². The molecule has 1 heterocycles. The van der Waals surface area contributed by atoms with Gasteiger partial charge in [0.25, 0.3) is 0 Å². The van der Waals surface area contributed by atoms with Crippen LogP contribution < -0.4 is 9.64 Å². The predicted octanol–water partition coefficient (Wildman–Crippen LogP) is 2.09. The first-order valence-corrected chi connectivity index (χ1v) is 6.97. The number of nitrogens with zero attached hydrogens (tertiary/aromatic N) is 4. The summed E-state index contributed by atoms with van der Waals surface area (Å²) in [5.41, 5.74) is 0.578. The number of carbonyl (C=O) groups excluding carboxylic acids is 1. The molecular weight excluding hydrogens is 316 g/mol. The van der Waals surface area contributed by atoms with E-state index in [1.54, 1.807) is 43.1 Å². The number of benzene rings is 1. The Morgan fingerprint density at radius 2 is 1.83 bits per heavy atom. The van der Waals surface area contributed by atoms with Crippen molar-refractivity contribution in [3.8, 4) is 5.75 Å². The Bertz CT molecular complexity index is 718. The Hall–Kier alpha value is -3.23. The van der Waals surface area contributed by atoms with Crippen molar-refractivity contribution in [1.82, 2.24) is 9.97 Å². The van der Waals surface area contributed by atoms with Gasteiger partial charge in [0.05, 0.1) is 12.0 Å². The lowest BCUT2D eigenvalue weighted by Gasteiger charge is -2.18. The van der Waals surface area contributed by atoms with Crippen molar-refractivity contribution < 1.29 is 19.2 Å². The summed E-state index contributed by atoms with van der Waals surface area (Å²) in [6.45, 7) is 1.59. The minimum absolute atomic E-state index is 0.173. The van der Waals surface area contributed by atoms with Crippen LogP contribution in [0.3, 0.4) is 0 Å². The number of methoxy groups -OCH3 is 1. The van der Waals surface area contributed by atoms with Gasteiger partial charge in [0.2, 0.25) is 5.95 Å². The number of esters is 1. The molecule has 0 saturated heterocycles. The van der Waals surface area contributed by atoms with E-state index < -0.39 is 17.0 Å². The predicted molar refractivity (Wildman–Crippen MR) is 85.3 cm³/mol. The van der Waals surface area contributed by atoms with Crippen LogP contribution in [0.25, 0.3) is 0 Å². The van der Waals surface area contributed by atoms with Crippen molar-refractivity contribution >= 4 is 23.3 Å². The van der Waals surface area contributed by atoms with E-state index in [0.29, 0.717) is 11.7 Å². The van der Waals surface area contributed by atoms with Crippen LogP contribution in [0, 0.1) is 10.1 Å². The lowest BCUT2D eigenvalue weighted by Crippen LogP contribution is -2.24. The van der Waals surface area contributed by atoms with Crippen LogP contribution in [-0.2, 0) is 9.53 Å². The average molecular weight is 332 g/mol. The highest BCUT2D eigenvalue weighted by Crippen LogP contribution is 2.24. The molecule has 0 saturated carbocycles. The number of carbonyl (C=O) groups is 1. The minimum atomic E-state index is -0.711. The first-order chi connectivity index (χ1) is 11.4. The van der Waals surface area contributed by atoms with E-state index in [9.17, 15) is 14.9 Å². The van der Waals surface area contributed by atoms with Gasteiger partial charge in [-0.1, -0.05) is 0 Å². The number of hydrogen-bond acceptors (Lipinski definition) is 8. The summed E-state index contributed by atoms with van der Waals surface area (Å²) in [5.74, 6) is 0.363. The largest absolute Gasteiger partial charge is 0.479 e. The third-order valence-corrected chi connectivity index (χ3v) is 3.21. The van der Waals surface area contributed by atoms with Crippen LogP contribution in [0.2, 0.25) is 0 Å². The van der Waals surface area contributed by atoms with Crippen LogP contribution in [-0.4, -0.2) is 41.1 Å². The molecule has 1 atom stereocenters. The fraction of sp³-hybridized carbons (Fsp3) is 0.267. The van der Waals surface area contributed by atoms with Crippen molar-refractivity contribution in [2.45, 2.75) is 13.0 Å². The zero-order valence-corrected chi connectivity index (χ0v) is 13.4. The van der Waals surface area contributed by atoms with E-state index >= 15 is 0 Å². The molecule has 0 bridgehead atoms. The molecule has 9 nitrogen and oxygen atoms in total. The smallest absolute Gasteiger partial charge is 0.346 e. The van der Waals surface area contributed by atoms with E-state index in [1.807, 2.05) is 0 Å². The summed E-state index contributed by atoms with van der Waals surface area (Å²) in [6, 6.07) is 6.89. The molecule has 24 heavy (non-hydrogen) atoms. The second-order valence-electron chi connectivity index (χ2n) is 4.83. The first kappa shape index (κ1) is 17.1. The lowest BCUT2D eigenvalue weighted by molar-refractivity contribution is -0.385. The molecule has 2 rings (SSSR count). The second kappa shape index (κ2) is 7.36. The average Bonchev–Trinajstić information content (AvgIpc) is 2.61. The molecule has 1 unspecified atom stereocenters. The van der Waals surface area contributed by atoms with Gasteiger partial charge in [-0.25, -0.2) is 14.8 Å². The van der Waals surface area contributed by atoms with E-state index in [1.165, 1.54) is 7.11 Å². The highest BCUT2D eigenvalue weighted by molar-refractivity contribution is 5.74. The SMILES string of the molecule is COC(=O)C(C)Oc1ccc(N(C)c2ncc([N+](=O)[O-])cn2)cc1. The molecule has 0 spiro atoms. The maximum Gasteiger partial charge on any atom is 0.346 e. The van der Waals surface area contributed by atoms with Crippen LogP contribution in [0.4, 0.5) is 17.3 Å². The van der Waals surface area contributed by atoms with Gasteiger partial charge in [-0.3, -0.25) is 10.1 Å². The van der Waals surface area contributed by atoms with Crippen molar-refractivity contribution in [1.29, 1.82) is 0 Å². The third-order valence-electron chi connectivity index (χ3n) is 3.21. The number of nitro groups is 1. The summed E-state index contributed by atoms with van der Waals surface area (Å²) >= 11 is 0. The topological polar surface area (TPSA) is 108 Å². The van der Waals surface area contributed by atoms with E-state index in [2.05, 4.69) is 14.7 Å². The highest BCUT2D eigenvalue weighted by atomic mass is 16.6. The van der Waals surface area contributed by atoms with Gasteiger partial charge < -0.3 is 14.4 Å². The maximum atomic E-state index is 11.3. The summed E-state index contributed by atoms with van der Waals surface area (Å²) in [7, 11) is 3.03. The molecule has 1 aromatic heterocycles. The Labute approximate surface area is 138 Å². The molecular formula is C15H16N4O5. The molecule has 0 aliphatic rings. The van der Waals surface area contributed by atoms with Crippen LogP contribution in [0.15, 0.2) is 36.7 Å². The summed E-state index contributed by atoms with van der Waals surface area (Å²) in [4.78, 5) is 31.0. The Morgan fingerprint density at radius 1 is 1.25 bits per heavy atom. The minimum Gasteiger partial charge on any atom is -0.479 e. The standard InChI is InChI=1S/C15H16N4O5/c1-10(14(20)23-3)24-13-6-4-11(5-7-13)18(2)15-16-8-12(9-17-15)19(21)22/h4-10H,1-3H3. The molecule has 0 fully saturated rings. The van der Waals surface area contributed by atoms with E-state index in [-0.39, 0.29) is 5.69 Å². The number of hydrogen-bond donors (Lipinski definition) is 0. The van der Waals surface area contributed by atoms with Gasteiger partial charge in [0.1, 0.15) is 18.1 Å². The molecule has 9 heteroatoms. The fourth-order valence-electron chi connectivity index (χ4n) is 1.86. The monoisotopic (exact) mass is 332 g/mol. The third kappa shape index (κ3) is 3.94. The van der Waals surface area contributed by atoms with Gasteiger partial charge >= 0.3 is 11.7 Å². The number of ether oxygens (including phenoxy) is 2. The van der Waals surface area contributed by atoms with Crippen LogP contribution in [0.1, 0.15) is 6.92 Å². The zero-order chi connectivity index (χ0) is 17.7. The van der Waals surface area contributed by atoms with Gasteiger partial charge in [0.15, 0.2) is 6.10 Å². The Kier molecular flexibility index (Phi) is 5.25. The second-order valence-corrected chi connectivity index (χ2v) is 4.83. The van der Waals surface area contributed by atoms with Crippen molar-refractivity contribution in [2.75, 3.05) is 19.1 Å². The molecule has 0 N–H and O–H groups in total. The quantitative estimate of drug-likeness (QED) is 0.449. The molecule has 0 aliphatic carbocycles. The van der Waals surface area contributed by atoms with E-state index in [4.69, 9.17) is 4.74 Å². The maximum absolute atomic E-state index is 11.3. The lowest BCUT2D eigenvalue weighted by atomic mass is 10.3. The summed E-state index contributed by atoms with van der Waals surface area (Å²) < 4.78 is 10.0. The van der Waals surface area contributed by atoms with Gasteiger partial charge in [-0.15, -0.1) is 0 Å². The Balaban J connectivity index is 2.09. The van der Waals surface area contributed by atoms with Crippen molar-refractivity contribution in [3.05, 3.63) is 46.8 Å². The molecule has 0 radical (unpaired) electrons. The normalized spacial score (nSPS) is 11.5. The number of aromatic nitrogens is 2. The van der Waals surface area contributed by atoms with Gasteiger partial charge in [-0.05, 0) is 31.2 Å². The molecule has 2 aromatic rings. The van der Waals surface area contributed by atoms with E-state index in [0.717, 1.165) is 18.1 Å². The number of anilines is 2. The zero-order valence-electron chi connectivity index (χ0n) is 13.4. The first-order valence-electron chi connectivity index (χ1n) is 6.97. The molecule has 0 aliphatic heterocycles. The van der Waals surface area contributed by atoms with Crippen LogP contribution >= 0.6 is 0 Å². The van der Waals surface area contributed by atoms with Crippen molar-refractivity contribution in [2.24, 2.45) is 0 Å².